The van der Waals surface area contributed by atoms with Crippen molar-refractivity contribution in [2.45, 2.75) is 295 Å². The number of benzene rings is 10. The third-order valence-electron chi connectivity index (χ3n) is 33.7. The van der Waals surface area contributed by atoms with E-state index in [2.05, 4.69) is 420 Å². The molecule has 4 fully saturated rings. The van der Waals surface area contributed by atoms with Gasteiger partial charge in [-0.3, -0.25) is 0 Å². The number of hydrogen-bond donors (Lipinski definition) is 0. The average molecular weight is 1940 g/mol. The Morgan fingerprint density at radius 1 is 0.233 bits per heavy atom. The Morgan fingerprint density at radius 3 is 0.870 bits per heavy atom. The van der Waals surface area contributed by atoms with Crippen molar-refractivity contribution in [3.05, 3.63) is 360 Å². The maximum Gasteiger partial charge on any atom is 0.216 e. The predicted octanol–water partition coefficient (Wildman–Crippen LogP) is 31.5. The van der Waals surface area contributed by atoms with Crippen molar-refractivity contribution in [1.82, 2.24) is 0 Å². The first-order chi connectivity index (χ1) is 71.3. The summed E-state index contributed by atoms with van der Waals surface area (Å²) in [6.45, 7) is 24.7. The van der Waals surface area contributed by atoms with Gasteiger partial charge in [-0.25, -0.2) is 22.8 Å². The predicted molar refractivity (Wildman–Crippen MR) is 597 cm³/mol. The normalized spacial score (nSPS) is 18.3. The van der Waals surface area contributed by atoms with Crippen molar-refractivity contribution in [3.63, 3.8) is 0 Å². The summed E-state index contributed by atoms with van der Waals surface area (Å²) in [7, 11) is 10.6. The van der Waals surface area contributed by atoms with Gasteiger partial charge in [0.15, 0.2) is 31.0 Å². The second-order valence-corrected chi connectivity index (χ2v) is 46.0. The highest BCUT2D eigenvalue weighted by Crippen LogP contribution is 2.58. The third-order valence-corrected chi connectivity index (χ3v) is 33.7. The fourth-order valence-corrected chi connectivity index (χ4v) is 25.7. The molecule has 748 valence electrons. The van der Waals surface area contributed by atoms with Crippen LogP contribution in [0.5, 0.6) is 28.7 Å². The topological polar surface area (TPSA) is 65.5 Å². The Hall–Kier alpha value is -13.1. The first-order valence-corrected chi connectivity index (χ1v) is 54.7. The summed E-state index contributed by atoms with van der Waals surface area (Å²) >= 11 is 0. The van der Waals surface area contributed by atoms with E-state index in [1.807, 2.05) is 18.2 Å². The third kappa shape index (κ3) is 21.1. The monoisotopic (exact) mass is 1940 g/mol. The minimum Gasteiger partial charge on any atom is -0.487 e. The van der Waals surface area contributed by atoms with Gasteiger partial charge in [0.05, 0.1) is 27.8 Å². The number of rotatable bonds is 10. The molecule has 0 saturated heterocycles. The van der Waals surface area contributed by atoms with Crippen molar-refractivity contribution < 1.29 is 49.3 Å². The summed E-state index contributed by atoms with van der Waals surface area (Å²) < 4.78 is 62.9. The SMILES string of the molecule is Cc1ccc2c(c1-c1cc(-c3ccccc3)cc[n+]1C)OC(C)(C)CC2.Cc1ccc2c(c1-c1cc(-c3ccccc3)cc[n+]1C)OC(C)(C)CC21CCCCC1.Cc1ccc2c(c1-c1cc(-c3ccccc3)cc[n+]1C)OC1(CCCCC1)CC2.Cc1ccc2c(c1-c1cc(-c3ccccc3)cc[n+]1C)OC1(CCCCC1)CC2(C)C.[2H]C1([2H])CC2(CCCCC2)Oc2c1ccc(C)c2-c1cc(-c2ccccc2)cc[n+]1C. The zero-order chi connectivity index (χ0) is 103. The largest absolute Gasteiger partial charge is 0.487 e. The number of ether oxygens (including phenoxy) is 5. The smallest absolute Gasteiger partial charge is 0.216 e. The number of nitrogens with zero attached hydrogens (tertiary/aromatic N) is 5. The number of fused-ring (bicyclic) bond motifs is 6. The molecule has 146 heavy (non-hydrogen) atoms. The fraction of sp³-hybridized carbons (Fsp3) is 0.375. The van der Waals surface area contributed by atoms with Gasteiger partial charge in [0.2, 0.25) is 28.5 Å². The molecule has 10 nitrogen and oxygen atoms in total. The lowest BCUT2D eigenvalue weighted by Crippen LogP contribution is -2.47. The fourth-order valence-electron chi connectivity index (χ4n) is 25.7. The summed E-state index contributed by atoms with van der Waals surface area (Å²) in [6, 6.07) is 97.6. The zero-order valence-corrected chi connectivity index (χ0v) is 89.7. The van der Waals surface area contributed by atoms with Crippen molar-refractivity contribution in [2.24, 2.45) is 35.2 Å². The van der Waals surface area contributed by atoms with Gasteiger partial charge in [-0.05, 0) is 309 Å². The maximum absolute atomic E-state index is 8.91. The number of hydrogen-bond acceptors (Lipinski definition) is 5. The van der Waals surface area contributed by atoms with E-state index in [0.29, 0.717) is 12.0 Å². The van der Waals surface area contributed by atoms with E-state index in [-0.39, 0.29) is 38.8 Å². The summed E-state index contributed by atoms with van der Waals surface area (Å²) in [5.74, 6) is 5.19. The second kappa shape index (κ2) is 42.1. The van der Waals surface area contributed by atoms with Crippen LogP contribution in [0, 0.1) is 34.6 Å². The highest BCUT2D eigenvalue weighted by atomic mass is 16.5. The summed E-state index contributed by atoms with van der Waals surface area (Å²) in [4.78, 5) is 0. The van der Waals surface area contributed by atoms with Gasteiger partial charge in [-0.2, -0.15) is 0 Å². The molecule has 5 aliphatic heterocycles. The molecule has 4 aliphatic carbocycles. The zero-order valence-electron chi connectivity index (χ0n) is 91.7. The molecule has 10 heteroatoms. The molecule has 0 unspecified atom stereocenters. The molecule has 0 atom stereocenters. The number of aryl methyl sites for hydroxylation is 13. The van der Waals surface area contributed by atoms with Gasteiger partial charge in [-0.1, -0.05) is 265 Å². The molecule has 10 aromatic carbocycles. The molecule has 0 radical (unpaired) electrons. The van der Waals surface area contributed by atoms with Crippen LogP contribution < -0.4 is 46.5 Å². The van der Waals surface area contributed by atoms with Gasteiger partial charge in [0.1, 0.15) is 92.0 Å². The molecule has 5 aromatic heterocycles. The van der Waals surface area contributed by atoms with Crippen LogP contribution in [0.1, 0.15) is 260 Å². The molecule has 24 rings (SSSR count). The van der Waals surface area contributed by atoms with E-state index in [0.717, 1.165) is 109 Å². The van der Waals surface area contributed by atoms with E-state index in [9.17, 15) is 0 Å². The van der Waals surface area contributed by atoms with E-state index in [4.69, 9.17) is 26.4 Å². The van der Waals surface area contributed by atoms with Crippen LogP contribution in [0.2, 0.25) is 0 Å². The van der Waals surface area contributed by atoms with Crippen LogP contribution in [0.4, 0.5) is 0 Å². The van der Waals surface area contributed by atoms with Crippen molar-refractivity contribution >= 4 is 0 Å². The van der Waals surface area contributed by atoms with E-state index in [1.165, 1.54) is 249 Å². The van der Waals surface area contributed by atoms with Crippen LogP contribution in [0.25, 0.3) is 112 Å². The number of pyridine rings is 5. The Bertz CT molecular complexity index is 7170. The molecule has 0 amide bonds. The molecule has 0 bridgehead atoms. The quantitative estimate of drug-likeness (QED) is 0.128. The van der Waals surface area contributed by atoms with E-state index < -0.39 is 6.37 Å². The lowest BCUT2D eigenvalue weighted by Gasteiger charge is -2.48. The standard InChI is InChI=1S/2C29H34NO.2C27H30NO.C24H26NO/c1-21-13-14-24-27(31-28(2,3)20-29(24)16-9-6-10-17-29)26(21)25-19-23(15-18-30(25)4)22-11-7-5-8-12-22;1-21-13-14-24-27(31-29(20-28(24,2)3)16-9-6-10-17-29)26(21)25-19-23(15-18-30(25)4)22-11-7-5-8-12-22;2*1-20-11-12-22-13-17-27(15-7-4-8-16-27)29-26(22)25(20)24-19-23(14-18-28(24)2)21-9-5-3-6-10-21;1-17-10-11-19-12-14-24(2,3)26-23(19)22(17)21-16-20(13-15-25(21)4)18-8-6-5-7-9-18/h2*5,7-8,11-15,18-19H,6,9-10,16-17,20H2,1-4H3;2*3,5-6,9-12,14,18-19H,4,7-8,13,15-17H2,1-2H3;5-11,13,15-16H,12,14H2,1-4H3/q5*+1/i;;13D2;;. The van der Waals surface area contributed by atoms with Crippen LogP contribution in [-0.4, -0.2) is 28.0 Å². The molecule has 15 aromatic rings. The van der Waals surface area contributed by atoms with Gasteiger partial charge >= 0.3 is 0 Å². The van der Waals surface area contributed by atoms with Crippen LogP contribution in [0.3, 0.4) is 0 Å². The van der Waals surface area contributed by atoms with Gasteiger partial charge in [-0.15, -0.1) is 0 Å². The number of aromatic nitrogens is 5. The lowest BCUT2D eigenvalue weighted by atomic mass is 9.62. The Kier molecular flexibility index (Phi) is 28.1. The molecule has 0 N–H and O–H groups in total. The van der Waals surface area contributed by atoms with Gasteiger partial charge < -0.3 is 23.7 Å². The average Bonchev–Trinajstić information content (AvgIpc) is 0.750. The Labute approximate surface area is 873 Å². The summed E-state index contributed by atoms with van der Waals surface area (Å²) in [5.41, 5.74) is 36.4. The summed E-state index contributed by atoms with van der Waals surface area (Å²) in [5, 5.41) is 0. The molecule has 10 heterocycles. The minimum absolute atomic E-state index is 0.00704. The van der Waals surface area contributed by atoms with E-state index in [1.54, 1.807) is 0 Å². The lowest BCUT2D eigenvalue weighted by molar-refractivity contribution is -0.660. The van der Waals surface area contributed by atoms with Gasteiger partial charge in [0.25, 0.3) is 0 Å². The first kappa shape index (κ1) is 97.7. The molecule has 4 spiro atoms. The molecular formula is C136H154N5O5+5. The van der Waals surface area contributed by atoms with Crippen LogP contribution in [0.15, 0.2) is 304 Å². The van der Waals surface area contributed by atoms with Gasteiger partial charge in [0, 0.05) is 79.9 Å². The second-order valence-electron chi connectivity index (χ2n) is 46.0. The van der Waals surface area contributed by atoms with Crippen LogP contribution in [-0.2, 0) is 65.3 Å². The Balaban J connectivity index is 0.000000112. The van der Waals surface area contributed by atoms with Crippen LogP contribution >= 0.6 is 0 Å². The van der Waals surface area contributed by atoms with E-state index >= 15 is 0 Å². The van der Waals surface area contributed by atoms with Crippen molar-refractivity contribution in [3.8, 4) is 141 Å². The first-order valence-electron chi connectivity index (χ1n) is 55.7. The Morgan fingerprint density at radius 2 is 0.507 bits per heavy atom. The maximum atomic E-state index is 8.91. The highest BCUT2D eigenvalue weighted by Gasteiger charge is 2.50. The minimum atomic E-state index is -1.39. The molecular weight excluding hydrogens is 1780 g/mol. The van der Waals surface area contributed by atoms with Crippen molar-refractivity contribution in [2.75, 3.05) is 0 Å². The summed E-state index contributed by atoms with van der Waals surface area (Å²) in [6.07, 6.45) is 41.0. The highest BCUT2D eigenvalue weighted by molar-refractivity contribution is 5.82. The molecule has 4 saturated carbocycles. The molecule has 9 aliphatic rings. The van der Waals surface area contributed by atoms with Crippen molar-refractivity contribution in [1.29, 1.82) is 0 Å².